The Labute approximate surface area is 133 Å². The molecule has 5 nitrogen and oxygen atoms in total. The van der Waals surface area contributed by atoms with Gasteiger partial charge in [0.2, 0.25) is 0 Å². The van der Waals surface area contributed by atoms with Crippen LogP contribution in [0.5, 0.6) is 0 Å². The fraction of sp³-hybridized carbons (Fsp3) is 0.647. The standard InChI is InChI=1S/C17H27N5/c18-17(21-15-6-2-1-3-7-15)20-13-14-8-9-16(19-12-14)22-10-4-5-11-22/h8-9,12,15H,1-7,10-11,13H2,(H3,18,20,21). The number of anilines is 1. The van der Waals surface area contributed by atoms with Gasteiger partial charge < -0.3 is 16.0 Å². The van der Waals surface area contributed by atoms with E-state index in [0.29, 0.717) is 18.5 Å². The first-order valence-electron chi connectivity index (χ1n) is 8.57. The molecule has 1 aromatic heterocycles. The lowest BCUT2D eigenvalue weighted by atomic mass is 9.96. The summed E-state index contributed by atoms with van der Waals surface area (Å²) in [6.07, 6.45) is 10.8. The molecular weight excluding hydrogens is 274 g/mol. The predicted octanol–water partition coefficient (Wildman–Crippen LogP) is 2.42. The molecule has 120 valence electrons. The smallest absolute Gasteiger partial charge is 0.189 e. The predicted molar refractivity (Wildman–Crippen MR) is 91.0 cm³/mol. The summed E-state index contributed by atoms with van der Waals surface area (Å²) >= 11 is 0. The summed E-state index contributed by atoms with van der Waals surface area (Å²) in [5.74, 6) is 1.65. The molecule has 5 heteroatoms. The number of nitrogens with zero attached hydrogens (tertiary/aromatic N) is 3. The molecule has 2 heterocycles. The second-order valence-corrected chi connectivity index (χ2v) is 6.40. The zero-order valence-electron chi connectivity index (χ0n) is 13.3. The van der Waals surface area contributed by atoms with Gasteiger partial charge in [-0.1, -0.05) is 25.3 Å². The molecule has 3 rings (SSSR count). The van der Waals surface area contributed by atoms with Crippen LogP contribution in [-0.2, 0) is 6.54 Å². The topological polar surface area (TPSA) is 66.5 Å². The highest BCUT2D eigenvalue weighted by atomic mass is 15.2. The third-order valence-corrected chi connectivity index (χ3v) is 4.63. The van der Waals surface area contributed by atoms with Gasteiger partial charge in [0.25, 0.3) is 0 Å². The number of aliphatic imine (C=N–C) groups is 1. The number of pyridine rings is 1. The van der Waals surface area contributed by atoms with Crippen molar-refractivity contribution in [2.45, 2.75) is 57.5 Å². The molecule has 0 bridgehead atoms. The van der Waals surface area contributed by atoms with E-state index in [1.54, 1.807) is 0 Å². The van der Waals surface area contributed by atoms with Crippen LogP contribution in [0.2, 0.25) is 0 Å². The minimum Gasteiger partial charge on any atom is -0.370 e. The molecular formula is C17H27N5. The van der Waals surface area contributed by atoms with Gasteiger partial charge in [0.05, 0.1) is 6.54 Å². The van der Waals surface area contributed by atoms with E-state index in [2.05, 4.69) is 32.3 Å². The van der Waals surface area contributed by atoms with Gasteiger partial charge in [0, 0.05) is 25.3 Å². The maximum atomic E-state index is 5.99. The monoisotopic (exact) mass is 301 g/mol. The summed E-state index contributed by atoms with van der Waals surface area (Å²) in [6.45, 7) is 2.85. The Morgan fingerprint density at radius 2 is 1.95 bits per heavy atom. The zero-order valence-corrected chi connectivity index (χ0v) is 13.3. The van der Waals surface area contributed by atoms with E-state index < -0.39 is 0 Å². The third kappa shape index (κ3) is 4.12. The van der Waals surface area contributed by atoms with E-state index in [1.807, 2.05) is 6.20 Å². The van der Waals surface area contributed by atoms with Crippen LogP contribution < -0.4 is 16.0 Å². The average molecular weight is 301 g/mol. The minimum atomic E-state index is 0.508. The van der Waals surface area contributed by atoms with Crippen LogP contribution in [0.3, 0.4) is 0 Å². The van der Waals surface area contributed by atoms with Crippen LogP contribution in [-0.4, -0.2) is 30.1 Å². The van der Waals surface area contributed by atoms with Gasteiger partial charge in [-0.25, -0.2) is 9.98 Å². The SMILES string of the molecule is NC(=NCc1ccc(N2CCCC2)nc1)NC1CCCCC1. The van der Waals surface area contributed by atoms with Crippen LogP contribution in [0.1, 0.15) is 50.5 Å². The number of aromatic nitrogens is 1. The molecule has 1 saturated heterocycles. The van der Waals surface area contributed by atoms with Crippen molar-refractivity contribution in [2.24, 2.45) is 10.7 Å². The fourth-order valence-corrected chi connectivity index (χ4v) is 3.32. The van der Waals surface area contributed by atoms with Crippen LogP contribution in [0, 0.1) is 0 Å². The van der Waals surface area contributed by atoms with Crippen molar-refractivity contribution in [1.29, 1.82) is 0 Å². The summed E-state index contributed by atoms with van der Waals surface area (Å²) in [6, 6.07) is 4.71. The van der Waals surface area contributed by atoms with Gasteiger partial charge in [-0.05, 0) is 37.3 Å². The molecule has 0 spiro atoms. The van der Waals surface area contributed by atoms with Crippen LogP contribution in [0.4, 0.5) is 5.82 Å². The van der Waals surface area contributed by atoms with Gasteiger partial charge in [0.1, 0.15) is 5.82 Å². The summed E-state index contributed by atoms with van der Waals surface area (Å²) in [5.41, 5.74) is 7.10. The van der Waals surface area contributed by atoms with Gasteiger partial charge in [-0.3, -0.25) is 0 Å². The van der Waals surface area contributed by atoms with Gasteiger partial charge >= 0.3 is 0 Å². The van der Waals surface area contributed by atoms with Crippen molar-refractivity contribution in [3.8, 4) is 0 Å². The van der Waals surface area contributed by atoms with Crippen molar-refractivity contribution in [2.75, 3.05) is 18.0 Å². The number of hydrogen-bond acceptors (Lipinski definition) is 3. The van der Waals surface area contributed by atoms with E-state index >= 15 is 0 Å². The third-order valence-electron chi connectivity index (χ3n) is 4.63. The van der Waals surface area contributed by atoms with Gasteiger partial charge in [-0.15, -0.1) is 0 Å². The Hall–Kier alpha value is -1.78. The summed E-state index contributed by atoms with van der Waals surface area (Å²) in [5, 5.41) is 3.34. The van der Waals surface area contributed by atoms with Crippen LogP contribution >= 0.6 is 0 Å². The molecule has 1 aliphatic heterocycles. The average Bonchev–Trinajstić information content (AvgIpc) is 3.09. The molecule has 0 amide bonds. The molecule has 1 saturated carbocycles. The van der Waals surface area contributed by atoms with E-state index in [0.717, 1.165) is 24.5 Å². The molecule has 2 aliphatic rings. The quantitative estimate of drug-likeness (QED) is 0.662. The van der Waals surface area contributed by atoms with Crippen molar-refractivity contribution < 1.29 is 0 Å². The molecule has 1 aromatic rings. The number of nitrogens with two attached hydrogens (primary N) is 1. The molecule has 0 atom stereocenters. The molecule has 2 fully saturated rings. The number of nitrogens with one attached hydrogen (secondary N) is 1. The Morgan fingerprint density at radius 1 is 1.18 bits per heavy atom. The fourth-order valence-electron chi connectivity index (χ4n) is 3.32. The highest BCUT2D eigenvalue weighted by molar-refractivity contribution is 5.78. The Kier molecular flexibility index (Phi) is 5.14. The molecule has 0 radical (unpaired) electrons. The number of hydrogen-bond donors (Lipinski definition) is 2. The van der Waals surface area contributed by atoms with Gasteiger partial charge in [-0.2, -0.15) is 0 Å². The van der Waals surface area contributed by atoms with Gasteiger partial charge in [0.15, 0.2) is 5.96 Å². The minimum absolute atomic E-state index is 0.508. The van der Waals surface area contributed by atoms with Crippen molar-refractivity contribution in [1.82, 2.24) is 10.3 Å². The highest BCUT2D eigenvalue weighted by Gasteiger charge is 2.14. The molecule has 0 unspecified atom stereocenters. The highest BCUT2D eigenvalue weighted by Crippen LogP contribution is 2.18. The van der Waals surface area contributed by atoms with Crippen molar-refractivity contribution in [3.63, 3.8) is 0 Å². The normalized spacial score (nSPS) is 20.4. The van der Waals surface area contributed by atoms with E-state index in [-0.39, 0.29) is 0 Å². The zero-order chi connectivity index (χ0) is 15.2. The van der Waals surface area contributed by atoms with Crippen molar-refractivity contribution >= 4 is 11.8 Å². The van der Waals surface area contributed by atoms with E-state index in [9.17, 15) is 0 Å². The molecule has 1 aliphatic carbocycles. The first kappa shape index (κ1) is 15.1. The largest absolute Gasteiger partial charge is 0.370 e. The van der Waals surface area contributed by atoms with Crippen LogP contribution in [0.15, 0.2) is 23.3 Å². The lowest BCUT2D eigenvalue weighted by molar-refractivity contribution is 0.412. The molecule has 0 aromatic carbocycles. The Bertz CT molecular complexity index is 484. The lowest BCUT2D eigenvalue weighted by Crippen LogP contribution is -2.41. The maximum absolute atomic E-state index is 5.99. The van der Waals surface area contributed by atoms with Crippen molar-refractivity contribution in [3.05, 3.63) is 23.9 Å². The Balaban J connectivity index is 1.50. The second-order valence-electron chi connectivity index (χ2n) is 6.40. The second kappa shape index (κ2) is 7.47. The van der Waals surface area contributed by atoms with E-state index in [1.165, 1.54) is 44.9 Å². The number of rotatable bonds is 4. The van der Waals surface area contributed by atoms with E-state index in [4.69, 9.17) is 5.73 Å². The summed E-state index contributed by atoms with van der Waals surface area (Å²) in [4.78, 5) is 11.3. The molecule has 22 heavy (non-hydrogen) atoms. The van der Waals surface area contributed by atoms with Crippen LogP contribution in [0.25, 0.3) is 0 Å². The number of guanidine groups is 1. The maximum Gasteiger partial charge on any atom is 0.189 e. The summed E-state index contributed by atoms with van der Waals surface area (Å²) in [7, 11) is 0. The Morgan fingerprint density at radius 3 is 2.64 bits per heavy atom. The molecule has 3 N–H and O–H groups in total. The summed E-state index contributed by atoms with van der Waals surface area (Å²) < 4.78 is 0. The first-order chi connectivity index (χ1) is 10.8. The first-order valence-corrected chi connectivity index (χ1v) is 8.57. The lowest BCUT2D eigenvalue weighted by Gasteiger charge is -2.23.